The van der Waals surface area contributed by atoms with Crippen molar-refractivity contribution in [3.05, 3.63) is 102 Å². The summed E-state index contributed by atoms with van der Waals surface area (Å²) >= 11 is 0. The highest BCUT2D eigenvalue weighted by molar-refractivity contribution is 6.20. The summed E-state index contributed by atoms with van der Waals surface area (Å²) in [6.07, 6.45) is 3.35. The van der Waals surface area contributed by atoms with Crippen molar-refractivity contribution in [3.8, 4) is 5.95 Å². The molecule has 3 aromatic carbocycles. The second kappa shape index (κ2) is 6.39. The molecule has 0 unspecified atom stereocenters. The summed E-state index contributed by atoms with van der Waals surface area (Å²) < 4.78 is 15.2. The second-order valence-electron chi connectivity index (χ2n) is 6.44. The first-order valence-electron chi connectivity index (χ1n) is 8.84. The lowest BCUT2D eigenvalue weighted by molar-refractivity contribution is 0.104. The maximum Gasteiger partial charge on any atom is 0.234 e. The third-order valence-electron chi connectivity index (χ3n) is 4.80. The van der Waals surface area contributed by atoms with Crippen molar-refractivity contribution in [1.29, 1.82) is 0 Å². The molecule has 0 saturated heterocycles. The number of benzene rings is 3. The largest absolute Gasteiger partial charge is 0.289 e. The average molecular weight is 367 g/mol. The Morgan fingerprint density at radius 2 is 1.50 bits per heavy atom. The molecule has 2 heterocycles. The summed E-state index contributed by atoms with van der Waals surface area (Å²) in [7, 11) is 0. The molecule has 5 rings (SSSR count). The molecular weight excluding hydrogens is 353 g/mol. The summed E-state index contributed by atoms with van der Waals surface area (Å²) in [6.45, 7) is 0. The summed E-state index contributed by atoms with van der Waals surface area (Å²) in [6, 6.07) is 20.9. The minimum Gasteiger partial charge on any atom is -0.289 e. The van der Waals surface area contributed by atoms with Crippen LogP contribution in [0.1, 0.15) is 15.9 Å². The zero-order chi connectivity index (χ0) is 19.1. The predicted octanol–water partition coefficient (Wildman–Crippen LogP) is 4.94. The number of rotatable bonds is 3. The lowest BCUT2D eigenvalue weighted by Crippen LogP contribution is -2.06. The Labute approximate surface area is 159 Å². The molecule has 5 heteroatoms. The monoisotopic (exact) mass is 367 g/mol. The van der Waals surface area contributed by atoms with Crippen LogP contribution in [0.3, 0.4) is 0 Å². The topological polar surface area (TPSA) is 47.8 Å². The van der Waals surface area contributed by atoms with Crippen molar-refractivity contribution in [1.82, 2.24) is 14.5 Å². The minimum absolute atomic E-state index is 0.175. The van der Waals surface area contributed by atoms with Crippen LogP contribution < -0.4 is 0 Å². The number of hydrogen-bond donors (Lipinski definition) is 0. The Balaban J connectivity index is 1.87. The first-order chi connectivity index (χ1) is 13.7. The van der Waals surface area contributed by atoms with Gasteiger partial charge in [0.15, 0.2) is 5.78 Å². The first-order valence-corrected chi connectivity index (χ1v) is 8.84. The molecule has 5 aromatic rings. The molecule has 0 aliphatic carbocycles. The Morgan fingerprint density at radius 1 is 0.786 bits per heavy atom. The smallest absolute Gasteiger partial charge is 0.234 e. The second-order valence-corrected chi connectivity index (χ2v) is 6.44. The van der Waals surface area contributed by atoms with Crippen LogP contribution in [-0.4, -0.2) is 20.3 Å². The van der Waals surface area contributed by atoms with Gasteiger partial charge >= 0.3 is 0 Å². The summed E-state index contributed by atoms with van der Waals surface area (Å²) in [5.41, 5.74) is 2.61. The van der Waals surface area contributed by atoms with Crippen LogP contribution in [0.5, 0.6) is 0 Å². The molecule has 0 atom stereocenters. The highest BCUT2D eigenvalue weighted by Crippen LogP contribution is 2.33. The number of ketones is 1. The number of halogens is 1. The van der Waals surface area contributed by atoms with E-state index in [1.807, 2.05) is 41.0 Å². The van der Waals surface area contributed by atoms with Crippen LogP contribution in [0, 0.1) is 5.82 Å². The van der Waals surface area contributed by atoms with Crippen molar-refractivity contribution in [2.45, 2.75) is 0 Å². The van der Waals surface area contributed by atoms with Crippen LogP contribution in [0.2, 0.25) is 0 Å². The Hall–Kier alpha value is -3.86. The fraction of sp³-hybridized carbons (Fsp3) is 0. The molecule has 0 spiro atoms. The molecule has 0 radical (unpaired) electrons. The maximum atomic E-state index is 13.3. The molecule has 0 fully saturated rings. The fourth-order valence-corrected chi connectivity index (χ4v) is 3.57. The standard InChI is InChI=1S/C23H14FN3O/c24-16-11-9-15(10-12-16)22(28)19-7-3-6-18-17-5-1-2-8-20(17)27(21(18)19)23-25-13-4-14-26-23/h1-14H. The number of aromatic nitrogens is 3. The van der Waals surface area contributed by atoms with Gasteiger partial charge in [0.2, 0.25) is 5.95 Å². The van der Waals surface area contributed by atoms with Gasteiger partial charge in [-0.2, -0.15) is 0 Å². The van der Waals surface area contributed by atoms with Crippen LogP contribution in [0.15, 0.2) is 85.2 Å². The molecule has 2 aromatic heterocycles. The zero-order valence-corrected chi connectivity index (χ0v) is 14.7. The molecule has 28 heavy (non-hydrogen) atoms. The van der Waals surface area contributed by atoms with Gasteiger partial charge in [-0.25, -0.2) is 14.4 Å². The molecule has 0 N–H and O–H groups in total. The number of hydrogen-bond acceptors (Lipinski definition) is 3. The van der Waals surface area contributed by atoms with E-state index in [1.165, 1.54) is 24.3 Å². The van der Waals surface area contributed by atoms with E-state index in [2.05, 4.69) is 9.97 Å². The van der Waals surface area contributed by atoms with Gasteiger partial charge in [0.05, 0.1) is 11.0 Å². The molecule has 0 saturated carbocycles. The van der Waals surface area contributed by atoms with E-state index >= 15 is 0 Å². The van der Waals surface area contributed by atoms with E-state index in [1.54, 1.807) is 24.5 Å². The number of nitrogens with zero attached hydrogens (tertiary/aromatic N) is 3. The Morgan fingerprint density at radius 3 is 2.29 bits per heavy atom. The average Bonchev–Trinajstić information content (AvgIpc) is 3.09. The van der Waals surface area contributed by atoms with Gasteiger partial charge in [-0.1, -0.05) is 30.3 Å². The quantitative estimate of drug-likeness (QED) is 0.424. The van der Waals surface area contributed by atoms with Crippen molar-refractivity contribution in [3.63, 3.8) is 0 Å². The number of para-hydroxylation sites is 2. The Bertz CT molecular complexity index is 1330. The molecular formula is C23H14FN3O. The Kier molecular flexibility index (Phi) is 3.72. The van der Waals surface area contributed by atoms with Gasteiger partial charge in [-0.3, -0.25) is 9.36 Å². The summed E-state index contributed by atoms with van der Waals surface area (Å²) in [5.74, 6) is -0.0554. The predicted molar refractivity (Wildman–Crippen MR) is 106 cm³/mol. The third-order valence-corrected chi connectivity index (χ3v) is 4.80. The first kappa shape index (κ1) is 16.3. The number of carbonyl (C=O) groups is 1. The molecule has 0 aliphatic rings. The van der Waals surface area contributed by atoms with E-state index in [9.17, 15) is 9.18 Å². The molecule has 134 valence electrons. The third kappa shape index (κ3) is 2.48. The minimum atomic E-state index is -0.374. The van der Waals surface area contributed by atoms with Gasteiger partial charge in [0, 0.05) is 34.3 Å². The zero-order valence-electron chi connectivity index (χ0n) is 14.7. The summed E-state index contributed by atoms with van der Waals surface area (Å²) in [5, 5.41) is 1.95. The summed E-state index contributed by atoms with van der Waals surface area (Å²) in [4.78, 5) is 22.0. The van der Waals surface area contributed by atoms with Crippen LogP contribution in [-0.2, 0) is 0 Å². The maximum absolute atomic E-state index is 13.3. The number of fused-ring (bicyclic) bond motifs is 3. The fourth-order valence-electron chi connectivity index (χ4n) is 3.57. The van der Waals surface area contributed by atoms with Crippen molar-refractivity contribution in [2.24, 2.45) is 0 Å². The SMILES string of the molecule is O=C(c1ccc(F)cc1)c1cccc2c3ccccc3n(-c3ncccn3)c12. The van der Waals surface area contributed by atoms with Gasteiger partial charge in [-0.05, 0) is 42.5 Å². The van der Waals surface area contributed by atoms with Crippen LogP contribution >= 0.6 is 0 Å². The number of carbonyl (C=O) groups excluding carboxylic acids is 1. The normalized spacial score (nSPS) is 11.2. The van der Waals surface area contributed by atoms with E-state index in [0.717, 1.165) is 21.8 Å². The van der Waals surface area contributed by atoms with Gasteiger partial charge < -0.3 is 0 Å². The van der Waals surface area contributed by atoms with E-state index in [0.29, 0.717) is 17.1 Å². The van der Waals surface area contributed by atoms with Gasteiger partial charge in [-0.15, -0.1) is 0 Å². The highest BCUT2D eigenvalue weighted by atomic mass is 19.1. The molecule has 0 aliphatic heterocycles. The lowest BCUT2D eigenvalue weighted by atomic mass is 10.0. The van der Waals surface area contributed by atoms with Crippen molar-refractivity contribution < 1.29 is 9.18 Å². The van der Waals surface area contributed by atoms with Gasteiger partial charge in [0.1, 0.15) is 5.82 Å². The van der Waals surface area contributed by atoms with E-state index in [4.69, 9.17) is 0 Å². The molecule has 0 bridgehead atoms. The molecule has 0 amide bonds. The van der Waals surface area contributed by atoms with Crippen molar-refractivity contribution in [2.75, 3.05) is 0 Å². The molecule has 4 nitrogen and oxygen atoms in total. The van der Waals surface area contributed by atoms with E-state index in [-0.39, 0.29) is 11.6 Å². The van der Waals surface area contributed by atoms with E-state index < -0.39 is 0 Å². The van der Waals surface area contributed by atoms with Crippen LogP contribution in [0.4, 0.5) is 4.39 Å². The highest BCUT2D eigenvalue weighted by Gasteiger charge is 2.20. The van der Waals surface area contributed by atoms with Gasteiger partial charge in [0.25, 0.3) is 0 Å². The lowest BCUT2D eigenvalue weighted by Gasteiger charge is -2.09. The van der Waals surface area contributed by atoms with Crippen molar-refractivity contribution >= 4 is 27.6 Å². The van der Waals surface area contributed by atoms with Crippen LogP contribution in [0.25, 0.3) is 27.8 Å².